The van der Waals surface area contributed by atoms with Crippen molar-refractivity contribution in [3.8, 4) is 11.5 Å². The van der Waals surface area contributed by atoms with Crippen LogP contribution in [0.25, 0.3) is 0 Å². The number of unbranched alkanes of at least 4 members (excludes halogenated alkanes) is 2. The second-order valence-corrected chi connectivity index (χ2v) is 14.6. The van der Waals surface area contributed by atoms with Crippen LogP contribution in [0.2, 0.25) is 0 Å². The zero-order valence-electron chi connectivity index (χ0n) is 31.2. The zero-order chi connectivity index (χ0) is 38.1. The third-order valence-corrected chi connectivity index (χ3v) is 11.2. The van der Waals surface area contributed by atoms with Gasteiger partial charge in [-0.05, 0) is 98.8 Å². The third kappa shape index (κ3) is 8.62. The molecule has 2 aromatic carbocycles. The number of amides is 1. The maximum Gasteiger partial charge on any atom is 0.410 e. The molecule has 11 nitrogen and oxygen atoms in total. The average molecular weight is 751 g/mol. The maximum absolute atomic E-state index is 14.2. The Hall–Kier alpha value is -3.97. The Balaban J connectivity index is 1.58. The van der Waals surface area contributed by atoms with E-state index < -0.39 is 35.9 Å². The van der Waals surface area contributed by atoms with Gasteiger partial charge in [-0.3, -0.25) is 4.90 Å². The fourth-order valence-electron chi connectivity index (χ4n) is 8.87. The predicted octanol–water partition coefficient (Wildman–Crippen LogP) is 7.35. The number of carbonyl (C=O) groups is 1. The van der Waals surface area contributed by atoms with E-state index in [1.165, 1.54) is 12.1 Å². The van der Waals surface area contributed by atoms with E-state index in [1.54, 1.807) is 48.2 Å². The minimum absolute atomic E-state index is 0.0101. The van der Waals surface area contributed by atoms with Crippen molar-refractivity contribution in [1.29, 1.82) is 0 Å². The first-order valence-electron chi connectivity index (χ1n) is 19.6. The summed E-state index contributed by atoms with van der Waals surface area (Å²) in [6.07, 6.45) is 10.0. The van der Waals surface area contributed by atoms with Crippen LogP contribution in [0.1, 0.15) is 88.2 Å². The van der Waals surface area contributed by atoms with Crippen LogP contribution in [-0.2, 0) is 25.6 Å². The number of halogens is 1. The zero-order valence-corrected chi connectivity index (χ0v) is 31.2. The van der Waals surface area contributed by atoms with Gasteiger partial charge in [-0.2, -0.15) is 0 Å². The van der Waals surface area contributed by atoms with E-state index in [9.17, 15) is 24.5 Å². The SMILES string of the molecule is C=CCO[C@@]12Oc3ccc(O)cc3[C@H]3[C@H](CCCCO)[C@@H](CCCCO)C=C(C(=NOC4CCCCO4)C[C@@H]1N(Cc1ccc(F)cc1)C(=O)OCC)[C@H]32. The molecule has 2 aliphatic carbocycles. The molecule has 0 radical (unpaired) electrons. The molecule has 7 atom stereocenters. The van der Waals surface area contributed by atoms with Crippen LogP contribution in [0, 0.1) is 23.6 Å². The van der Waals surface area contributed by atoms with Crippen molar-refractivity contribution in [2.45, 2.75) is 102 Å². The number of phenols is 1. The summed E-state index contributed by atoms with van der Waals surface area (Å²) < 4.78 is 39.8. The van der Waals surface area contributed by atoms with Gasteiger partial charge in [0, 0.05) is 44.1 Å². The van der Waals surface area contributed by atoms with Crippen LogP contribution in [0.4, 0.5) is 9.18 Å². The number of aromatic hydroxyl groups is 1. The number of hydrogen-bond acceptors (Lipinski definition) is 10. The molecule has 2 aliphatic heterocycles. The fourth-order valence-corrected chi connectivity index (χ4v) is 8.87. The summed E-state index contributed by atoms with van der Waals surface area (Å²) in [5, 5.41) is 35.3. The number of oxime groups is 1. The second kappa shape index (κ2) is 18.6. The summed E-state index contributed by atoms with van der Waals surface area (Å²) in [7, 11) is 0. The van der Waals surface area contributed by atoms with E-state index in [1.807, 2.05) is 0 Å². The number of aliphatic hydroxyl groups is 2. The van der Waals surface area contributed by atoms with Crippen LogP contribution in [0.5, 0.6) is 11.5 Å². The minimum atomic E-state index is -1.49. The molecule has 0 spiro atoms. The first-order chi connectivity index (χ1) is 26.3. The van der Waals surface area contributed by atoms with Crippen LogP contribution in [-0.4, -0.2) is 83.2 Å². The number of ether oxygens (including phenoxy) is 4. The molecule has 0 bridgehead atoms. The fraction of sp³-hybridized carbons (Fsp3) is 0.571. The molecule has 1 saturated heterocycles. The molecule has 2 heterocycles. The van der Waals surface area contributed by atoms with Crippen molar-refractivity contribution in [1.82, 2.24) is 4.90 Å². The standard InChI is InChI=1S/C42H55FN2O9/c1-3-22-52-42-37(45(41(49)50-4-2)27-28-14-16-30(43)17-15-28)26-35(44-54-38-13-7-10-23-51-38)33-24-29(11-5-8-20-46)32(12-6-9-21-47)39(40(33)42)34-25-31(48)18-19-36(34)53-42/h3,14-19,24-25,29,32,37-40,46-48H,1,4-13,20-23,26-27H2,2H3/t29-,32+,37-,38?,39+,40+,42+/m0/s1. The lowest BCUT2D eigenvalue weighted by Gasteiger charge is -2.59. The summed E-state index contributed by atoms with van der Waals surface area (Å²) in [6.45, 7) is 6.73. The predicted molar refractivity (Wildman–Crippen MR) is 200 cm³/mol. The van der Waals surface area contributed by atoms with Gasteiger partial charge in [-0.25, -0.2) is 9.18 Å². The molecular formula is C42H55FN2O9. The van der Waals surface area contributed by atoms with Crippen LogP contribution < -0.4 is 4.74 Å². The highest BCUT2D eigenvalue weighted by Gasteiger charge is 2.65. The van der Waals surface area contributed by atoms with Crippen molar-refractivity contribution < 1.29 is 48.3 Å². The van der Waals surface area contributed by atoms with E-state index in [0.717, 1.165) is 49.7 Å². The first kappa shape index (κ1) is 39.7. The van der Waals surface area contributed by atoms with Gasteiger partial charge < -0.3 is 39.1 Å². The Labute approximate surface area is 317 Å². The lowest BCUT2D eigenvalue weighted by molar-refractivity contribution is -0.256. The molecule has 1 saturated carbocycles. The van der Waals surface area contributed by atoms with Crippen molar-refractivity contribution >= 4 is 11.8 Å². The summed E-state index contributed by atoms with van der Waals surface area (Å²) in [5.74, 6) is -2.02. The number of allylic oxidation sites excluding steroid dienone is 1. The molecule has 2 fully saturated rings. The second-order valence-electron chi connectivity index (χ2n) is 14.6. The molecule has 1 unspecified atom stereocenters. The highest BCUT2D eigenvalue weighted by atomic mass is 19.1. The Morgan fingerprint density at radius 3 is 2.57 bits per heavy atom. The van der Waals surface area contributed by atoms with E-state index in [4.69, 9.17) is 28.9 Å². The number of nitrogens with zero attached hydrogens (tertiary/aromatic N) is 2. The lowest BCUT2D eigenvalue weighted by Crippen LogP contribution is -2.70. The number of carbonyl (C=O) groups excluding carboxylic acids is 1. The van der Waals surface area contributed by atoms with E-state index in [-0.39, 0.29) is 62.9 Å². The van der Waals surface area contributed by atoms with Gasteiger partial charge in [0.15, 0.2) is 0 Å². The molecular weight excluding hydrogens is 695 g/mol. The van der Waals surface area contributed by atoms with Crippen LogP contribution >= 0.6 is 0 Å². The van der Waals surface area contributed by atoms with E-state index >= 15 is 0 Å². The lowest BCUT2D eigenvalue weighted by atomic mass is 9.55. The van der Waals surface area contributed by atoms with Gasteiger partial charge in [-0.15, -0.1) is 6.58 Å². The van der Waals surface area contributed by atoms with Gasteiger partial charge in [0.05, 0.1) is 31.5 Å². The highest BCUT2D eigenvalue weighted by Crippen LogP contribution is 2.62. The average Bonchev–Trinajstić information content (AvgIpc) is 3.18. The summed E-state index contributed by atoms with van der Waals surface area (Å²) in [4.78, 5) is 22.0. The highest BCUT2D eigenvalue weighted by molar-refractivity contribution is 6.03. The van der Waals surface area contributed by atoms with Gasteiger partial charge in [0.1, 0.15) is 23.4 Å². The Bertz CT molecular complexity index is 1630. The number of aliphatic hydroxyl groups excluding tert-OH is 2. The molecule has 54 heavy (non-hydrogen) atoms. The van der Waals surface area contributed by atoms with E-state index in [2.05, 4.69) is 12.7 Å². The number of fused-ring (bicyclic) bond motifs is 2. The molecule has 4 aliphatic rings. The quantitative estimate of drug-likeness (QED) is 0.0861. The van der Waals surface area contributed by atoms with Crippen LogP contribution in [0.15, 0.2) is 71.9 Å². The van der Waals surface area contributed by atoms with Gasteiger partial charge in [0.2, 0.25) is 12.1 Å². The van der Waals surface area contributed by atoms with Crippen molar-refractivity contribution in [2.75, 3.05) is 33.0 Å². The Morgan fingerprint density at radius 1 is 1.09 bits per heavy atom. The Kier molecular flexibility index (Phi) is 13.7. The van der Waals surface area contributed by atoms with Gasteiger partial charge >= 0.3 is 6.09 Å². The maximum atomic E-state index is 14.2. The molecule has 2 aromatic rings. The van der Waals surface area contributed by atoms with Gasteiger partial charge in [0.25, 0.3) is 0 Å². The molecule has 6 rings (SSSR count). The summed E-state index contributed by atoms with van der Waals surface area (Å²) >= 11 is 0. The first-order valence-corrected chi connectivity index (χ1v) is 19.6. The molecule has 0 aromatic heterocycles. The summed E-state index contributed by atoms with van der Waals surface area (Å²) in [6, 6.07) is 10.3. The van der Waals surface area contributed by atoms with Crippen molar-refractivity contribution in [3.05, 3.63) is 83.7 Å². The number of phenolic OH excluding ortho intramolecular Hbond substituents is 1. The minimum Gasteiger partial charge on any atom is -0.508 e. The normalized spacial score (nSPS) is 27.9. The molecule has 3 N–H and O–H groups in total. The smallest absolute Gasteiger partial charge is 0.410 e. The largest absolute Gasteiger partial charge is 0.508 e. The van der Waals surface area contributed by atoms with Gasteiger partial charge in [-0.1, -0.05) is 42.3 Å². The summed E-state index contributed by atoms with van der Waals surface area (Å²) in [5.41, 5.74) is 3.01. The molecule has 294 valence electrons. The van der Waals surface area contributed by atoms with E-state index in [0.29, 0.717) is 42.9 Å². The number of benzene rings is 2. The van der Waals surface area contributed by atoms with Crippen molar-refractivity contribution in [3.63, 3.8) is 0 Å². The van der Waals surface area contributed by atoms with Crippen molar-refractivity contribution in [2.24, 2.45) is 22.9 Å². The molecule has 12 heteroatoms. The van der Waals surface area contributed by atoms with Crippen LogP contribution in [0.3, 0.4) is 0 Å². The topological polar surface area (TPSA) is 140 Å². The third-order valence-electron chi connectivity index (χ3n) is 11.2. The number of hydrogen-bond donors (Lipinski definition) is 3. The molecule has 1 amide bonds. The Morgan fingerprint density at radius 2 is 1.87 bits per heavy atom. The monoisotopic (exact) mass is 750 g/mol. The number of rotatable bonds is 17.